The van der Waals surface area contributed by atoms with Gasteiger partial charge in [0.15, 0.2) is 0 Å². The van der Waals surface area contributed by atoms with Crippen molar-refractivity contribution in [3.63, 3.8) is 0 Å². The van der Waals surface area contributed by atoms with Crippen molar-refractivity contribution in [3.8, 4) is 0 Å². The predicted molar refractivity (Wildman–Crippen MR) is 152 cm³/mol. The van der Waals surface area contributed by atoms with E-state index in [4.69, 9.17) is 0 Å². The van der Waals surface area contributed by atoms with E-state index in [-0.39, 0.29) is 11.8 Å². The zero-order valence-corrected chi connectivity index (χ0v) is 22.2. The molecule has 1 aromatic heterocycles. The highest BCUT2D eigenvalue weighted by Crippen LogP contribution is 2.38. The minimum absolute atomic E-state index is 0.223. The first-order valence-corrected chi connectivity index (χ1v) is 12.6. The standard InChI is InChI=1S/C31H31N5O2/c1-18-9-12-23(13-10-18)28-27(31(38)35-26-14-11-20(3)15-21(26)4)22(5)33-29-25(17-32-36(28)29)30(37)34-24-8-6-7-19(2)16-24/h6-17,28,33H,1-5H3,(H,34,37)(H,35,38)/t28-/m0/s1. The quantitative estimate of drug-likeness (QED) is 0.297. The van der Waals surface area contributed by atoms with Crippen molar-refractivity contribution in [1.82, 2.24) is 9.78 Å². The highest BCUT2D eigenvalue weighted by molar-refractivity contribution is 6.09. The number of nitrogens with zero attached hydrogens (tertiary/aromatic N) is 2. The number of hydrogen-bond donors (Lipinski definition) is 3. The molecule has 7 heteroatoms. The van der Waals surface area contributed by atoms with E-state index in [0.717, 1.165) is 33.5 Å². The van der Waals surface area contributed by atoms with Crippen LogP contribution < -0.4 is 16.0 Å². The van der Waals surface area contributed by atoms with Crippen LogP contribution in [0.1, 0.15) is 51.1 Å². The van der Waals surface area contributed by atoms with Crippen LogP contribution in [0.15, 0.2) is 84.2 Å². The van der Waals surface area contributed by atoms with Gasteiger partial charge in [0.25, 0.3) is 11.8 Å². The lowest BCUT2D eigenvalue weighted by Gasteiger charge is -2.30. The first kappa shape index (κ1) is 25.0. The van der Waals surface area contributed by atoms with Gasteiger partial charge in [0, 0.05) is 17.1 Å². The molecule has 5 rings (SSSR count). The van der Waals surface area contributed by atoms with E-state index < -0.39 is 6.04 Å². The highest BCUT2D eigenvalue weighted by Gasteiger charge is 2.35. The van der Waals surface area contributed by atoms with Crippen LogP contribution in [-0.4, -0.2) is 21.6 Å². The molecule has 0 spiro atoms. The van der Waals surface area contributed by atoms with E-state index in [1.54, 1.807) is 10.9 Å². The fraction of sp³-hybridized carbons (Fsp3) is 0.194. The molecule has 1 atom stereocenters. The lowest BCUT2D eigenvalue weighted by molar-refractivity contribution is -0.113. The molecule has 3 N–H and O–H groups in total. The van der Waals surface area contributed by atoms with Gasteiger partial charge in [-0.2, -0.15) is 5.10 Å². The van der Waals surface area contributed by atoms with Crippen LogP contribution in [-0.2, 0) is 4.79 Å². The second kappa shape index (κ2) is 10.0. The Morgan fingerprint density at radius 1 is 0.816 bits per heavy atom. The summed E-state index contributed by atoms with van der Waals surface area (Å²) in [6, 6.07) is 21.1. The van der Waals surface area contributed by atoms with Crippen molar-refractivity contribution < 1.29 is 9.59 Å². The zero-order chi connectivity index (χ0) is 27.0. The Labute approximate surface area is 222 Å². The molecule has 4 aromatic rings. The maximum atomic E-state index is 13.8. The minimum atomic E-state index is -0.516. The summed E-state index contributed by atoms with van der Waals surface area (Å²) in [4.78, 5) is 27.0. The normalized spacial score (nSPS) is 14.5. The second-order valence-corrected chi connectivity index (χ2v) is 9.92. The molecule has 0 fully saturated rings. The molecule has 0 radical (unpaired) electrons. The largest absolute Gasteiger partial charge is 0.343 e. The Kier molecular flexibility index (Phi) is 6.59. The number of benzene rings is 3. The van der Waals surface area contributed by atoms with Crippen LogP contribution in [0.2, 0.25) is 0 Å². The molecule has 192 valence electrons. The van der Waals surface area contributed by atoms with Crippen LogP contribution in [0, 0.1) is 27.7 Å². The zero-order valence-electron chi connectivity index (χ0n) is 22.2. The Morgan fingerprint density at radius 2 is 1.53 bits per heavy atom. The highest BCUT2D eigenvalue weighted by atomic mass is 16.2. The third-order valence-electron chi connectivity index (χ3n) is 6.81. The molecule has 1 aliphatic rings. The lowest BCUT2D eigenvalue weighted by Crippen LogP contribution is -2.32. The van der Waals surface area contributed by atoms with Crippen molar-refractivity contribution in [2.24, 2.45) is 0 Å². The summed E-state index contributed by atoms with van der Waals surface area (Å²) in [5.41, 5.74) is 8.25. The third kappa shape index (κ3) is 4.83. The fourth-order valence-electron chi connectivity index (χ4n) is 4.84. The first-order chi connectivity index (χ1) is 18.2. The lowest BCUT2D eigenvalue weighted by atomic mass is 9.93. The summed E-state index contributed by atoms with van der Waals surface area (Å²) < 4.78 is 1.72. The number of carbonyl (C=O) groups is 2. The Bertz CT molecular complexity index is 1580. The molecule has 7 nitrogen and oxygen atoms in total. The Balaban J connectivity index is 1.54. The third-order valence-corrected chi connectivity index (χ3v) is 6.81. The SMILES string of the molecule is CC1=C(C(=O)Nc2ccc(C)cc2C)[C@H](c2ccc(C)cc2)n2ncc(C(=O)Nc3cccc(C)c3)c2N1. The van der Waals surface area contributed by atoms with Crippen LogP contribution in [0.5, 0.6) is 0 Å². The summed E-state index contributed by atoms with van der Waals surface area (Å²) >= 11 is 0. The number of allylic oxidation sites excluding steroid dienone is 1. The monoisotopic (exact) mass is 505 g/mol. The number of rotatable bonds is 5. The molecule has 0 saturated heterocycles. The number of anilines is 3. The van der Waals surface area contributed by atoms with E-state index in [9.17, 15) is 9.59 Å². The van der Waals surface area contributed by atoms with E-state index in [0.29, 0.717) is 28.3 Å². The molecule has 0 aliphatic carbocycles. The summed E-state index contributed by atoms with van der Waals surface area (Å²) in [5.74, 6) is 0.0451. The number of aromatic nitrogens is 2. The molecule has 2 amide bonds. The molecule has 38 heavy (non-hydrogen) atoms. The molecule has 0 saturated carbocycles. The number of hydrogen-bond acceptors (Lipinski definition) is 4. The first-order valence-electron chi connectivity index (χ1n) is 12.6. The van der Waals surface area contributed by atoms with E-state index in [1.807, 2.05) is 101 Å². The minimum Gasteiger partial charge on any atom is -0.343 e. The molecule has 0 unspecified atom stereocenters. The van der Waals surface area contributed by atoms with Gasteiger partial charge in [-0.25, -0.2) is 4.68 Å². The number of fused-ring (bicyclic) bond motifs is 1. The smallest absolute Gasteiger partial charge is 0.261 e. The average molecular weight is 506 g/mol. The number of carbonyl (C=O) groups excluding carboxylic acids is 2. The van der Waals surface area contributed by atoms with E-state index in [2.05, 4.69) is 21.0 Å². The van der Waals surface area contributed by atoms with Crippen molar-refractivity contribution in [2.45, 2.75) is 40.7 Å². The van der Waals surface area contributed by atoms with Crippen LogP contribution in [0.3, 0.4) is 0 Å². The summed E-state index contributed by atoms with van der Waals surface area (Å²) in [6.07, 6.45) is 1.55. The van der Waals surface area contributed by atoms with Gasteiger partial charge in [0.05, 0.1) is 11.8 Å². The summed E-state index contributed by atoms with van der Waals surface area (Å²) in [6.45, 7) is 9.86. The predicted octanol–water partition coefficient (Wildman–Crippen LogP) is 6.30. The Morgan fingerprint density at radius 3 is 2.24 bits per heavy atom. The van der Waals surface area contributed by atoms with Gasteiger partial charge in [-0.1, -0.05) is 59.7 Å². The van der Waals surface area contributed by atoms with E-state index >= 15 is 0 Å². The maximum Gasteiger partial charge on any atom is 0.261 e. The second-order valence-electron chi connectivity index (χ2n) is 9.92. The van der Waals surface area contributed by atoms with Gasteiger partial charge in [-0.3, -0.25) is 9.59 Å². The summed E-state index contributed by atoms with van der Waals surface area (Å²) in [5, 5.41) is 13.9. The van der Waals surface area contributed by atoms with Crippen LogP contribution in [0.4, 0.5) is 17.2 Å². The van der Waals surface area contributed by atoms with Crippen LogP contribution >= 0.6 is 0 Å². The molecule has 2 heterocycles. The van der Waals surface area contributed by atoms with Crippen molar-refractivity contribution in [1.29, 1.82) is 0 Å². The number of nitrogens with one attached hydrogen (secondary N) is 3. The molecule has 1 aliphatic heterocycles. The van der Waals surface area contributed by atoms with Gasteiger partial charge in [-0.05, 0) is 69.5 Å². The van der Waals surface area contributed by atoms with Gasteiger partial charge >= 0.3 is 0 Å². The fourth-order valence-corrected chi connectivity index (χ4v) is 4.84. The topological polar surface area (TPSA) is 88.0 Å². The Hall–Kier alpha value is -4.65. The molecule has 0 bridgehead atoms. The number of amides is 2. The summed E-state index contributed by atoms with van der Waals surface area (Å²) in [7, 11) is 0. The average Bonchev–Trinajstić information content (AvgIpc) is 3.29. The van der Waals surface area contributed by atoms with Crippen molar-refractivity contribution in [3.05, 3.63) is 118 Å². The van der Waals surface area contributed by atoms with E-state index in [1.165, 1.54) is 0 Å². The molecular weight excluding hydrogens is 474 g/mol. The van der Waals surface area contributed by atoms with Crippen LogP contribution in [0.25, 0.3) is 0 Å². The van der Waals surface area contributed by atoms with Crippen molar-refractivity contribution in [2.75, 3.05) is 16.0 Å². The van der Waals surface area contributed by atoms with Crippen molar-refractivity contribution >= 4 is 29.0 Å². The maximum absolute atomic E-state index is 13.8. The van der Waals surface area contributed by atoms with Gasteiger partial charge < -0.3 is 16.0 Å². The molecular formula is C31H31N5O2. The number of aryl methyl sites for hydroxylation is 4. The molecule has 3 aromatic carbocycles. The van der Waals surface area contributed by atoms with Gasteiger partial charge in [-0.15, -0.1) is 0 Å². The van der Waals surface area contributed by atoms with Gasteiger partial charge in [0.2, 0.25) is 0 Å². The van der Waals surface area contributed by atoms with Gasteiger partial charge in [0.1, 0.15) is 17.4 Å².